The van der Waals surface area contributed by atoms with E-state index >= 15 is 0 Å². The van der Waals surface area contributed by atoms with E-state index in [-0.39, 0.29) is 17.4 Å². The third-order valence-corrected chi connectivity index (χ3v) is 5.50. The Bertz CT molecular complexity index is 839. The summed E-state index contributed by atoms with van der Waals surface area (Å²) in [5.41, 5.74) is 2.00. The smallest absolute Gasteiger partial charge is 0.259 e. The summed E-state index contributed by atoms with van der Waals surface area (Å²) in [6.45, 7) is 4.55. The average Bonchev–Trinajstić information content (AvgIpc) is 2.71. The van der Waals surface area contributed by atoms with Crippen LogP contribution >= 0.6 is 0 Å². The lowest BCUT2D eigenvalue weighted by atomic mass is 9.94. The lowest BCUT2D eigenvalue weighted by molar-refractivity contribution is 0.178. The molecule has 1 aliphatic rings. The molecule has 0 bridgehead atoms. The molecule has 2 heterocycles. The number of hydrogen-bond acceptors (Lipinski definition) is 5. The minimum absolute atomic E-state index is 0.0579. The van der Waals surface area contributed by atoms with Crippen molar-refractivity contribution in [3.8, 4) is 11.5 Å². The maximum Gasteiger partial charge on any atom is 0.259 e. The highest BCUT2D eigenvalue weighted by Gasteiger charge is 2.30. The zero-order chi connectivity index (χ0) is 20.1. The van der Waals surface area contributed by atoms with Crippen molar-refractivity contribution < 1.29 is 14.6 Å². The Hall–Kier alpha value is -2.31. The fourth-order valence-corrected chi connectivity index (χ4v) is 4.01. The third-order valence-electron chi connectivity index (χ3n) is 5.50. The Labute approximate surface area is 166 Å². The summed E-state index contributed by atoms with van der Waals surface area (Å²) < 4.78 is 12.1. The highest BCUT2D eigenvalue weighted by molar-refractivity contribution is 5.42. The van der Waals surface area contributed by atoms with Crippen LogP contribution in [0.4, 0.5) is 0 Å². The zero-order valence-electron chi connectivity index (χ0n) is 17.0. The third kappa shape index (κ3) is 4.23. The molecule has 6 heteroatoms. The Morgan fingerprint density at radius 2 is 1.79 bits per heavy atom. The molecule has 1 aromatic carbocycles. The number of benzene rings is 1. The van der Waals surface area contributed by atoms with Crippen molar-refractivity contribution >= 4 is 0 Å². The van der Waals surface area contributed by atoms with Gasteiger partial charge in [0.05, 0.1) is 25.3 Å². The van der Waals surface area contributed by atoms with E-state index in [9.17, 15) is 9.90 Å². The van der Waals surface area contributed by atoms with Gasteiger partial charge in [-0.2, -0.15) is 0 Å². The second-order valence-corrected chi connectivity index (χ2v) is 7.31. The van der Waals surface area contributed by atoms with Gasteiger partial charge >= 0.3 is 0 Å². The van der Waals surface area contributed by atoms with Crippen molar-refractivity contribution in [3.05, 3.63) is 57.5 Å². The van der Waals surface area contributed by atoms with Gasteiger partial charge in [-0.15, -0.1) is 0 Å². The molecule has 1 aromatic heterocycles. The molecule has 0 saturated carbocycles. The summed E-state index contributed by atoms with van der Waals surface area (Å²) in [7, 11) is 3.26. The standard InChI is InChI=1S/C22H30N2O4/c1-16-15-19(25)20(22(26)24(16)13-14-27-2)21(23-11-5-4-6-12-23)17-7-9-18(28-3)10-8-17/h7-10,15,21,25H,4-6,11-14H2,1-3H3/t21-/m1/s1. The Kier molecular flexibility index (Phi) is 6.75. The number of likely N-dealkylation sites (tertiary alicyclic amines) is 1. The van der Waals surface area contributed by atoms with Crippen molar-refractivity contribution in [2.75, 3.05) is 33.9 Å². The molecule has 6 nitrogen and oxygen atoms in total. The molecule has 1 fully saturated rings. The monoisotopic (exact) mass is 386 g/mol. The SMILES string of the molecule is COCCn1c(C)cc(O)c([C@@H](c2ccc(OC)cc2)N2CCCCC2)c1=O. The molecule has 0 unspecified atom stereocenters. The number of nitrogens with zero attached hydrogens (tertiary/aromatic N) is 2. The van der Waals surface area contributed by atoms with Crippen LogP contribution in [-0.2, 0) is 11.3 Å². The fraction of sp³-hybridized carbons (Fsp3) is 0.500. The summed E-state index contributed by atoms with van der Waals surface area (Å²) in [6, 6.07) is 9.18. The number of aromatic hydroxyl groups is 1. The Morgan fingerprint density at radius 3 is 2.39 bits per heavy atom. The van der Waals surface area contributed by atoms with Crippen molar-refractivity contribution in [2.24, 2.45) is 0 Å². The van der Waals surface area contributed by atoms with Gasteiger partial charge in [0.2, 0.25) is 0 Å². The van der Waals surface area contributed by atoms with Crippen LogP contribution < -0.4 is 10.3 Å². The van der Waals surface area contributed by atoms with Crippen LogP contribution in [0.5, 0.6) is 11.5 Å². The van der Waals surface area contributed by atoms with E-state index in [1.165, 1.54) is 6.42 Å². The first-order valence-electron chi connectivity index (χ1n) is 9.87. The molecule has 0 amide bonds. The molecule has 0 radical (unpaired) electrons. The highest BCUT2D eigenvalue weighted by atomic mass is 16.5. The van der Waals surface area contributed by atoms with Gasteiger partial charge in [0.25, 0.3) is 5.56 Å². The van der Waals surface area contributed by atoms with Crippen molar-refractivity contribution in [3.63, 3.8) is 0 Å². The molecular weight excluding hydrogens is 356 g/mol. The first-order chi connectivity index (χ1) is 13.6. The summed E-state index contributed by atoms with van der Waals surface area (Å²) in [6.07, 6.45) is 3.39. The summed E-state index contributed by atoms with van der Waals surface area (Å²) in [4.78, 5) is 15.7. The molecule has 3 rings (SSSR count). The lowest BCUT2D eigenvalue weighted by Gasteiger charge is -2.35. The summed E-state index contributed by atoms with van der Waals surface area (Å²) in [5, 5.41) is 10.8. The van der Waals surface area contributed by atoms with Gasteiger partial charge in [-0.3, -0.25) is 9.69 Å². The van der Waals surface area contributed by atoms with E-state index < -0.39 is 0 Å². The second-order valence-electron chi connectivity index (χ2n) is 7.31. The van der Waals surface area contributed by atoms with Crippen LogP contribution in [0, 0.1) is 6.92 Å². The van der Waals surface area contributed by atoms with E-state index in [4.69, 9.17) is 9.47 Å². The van der Waals surface area contributed by atoms with Crippen molar-refractivity contribution in [1.82, 2.24) is 9.47 Å². The van der Waals surface area contributed by atoms with E-state index in [1.54, 1.807) is 24.9 Å². The van der Waals surface area contributed by atoms with E-state index in [0.29, 0.717) is 18.7 Å². The second kappa shape index (κ2) is 9.26. The zero-order valence-corrected chi connectivity index (χ0v) is 17.0. The van der Waals surface area contributed by atoms with Gasteiger partial charge in [-0.05, 0) is 56.6 Å². The predicted molar refractivity (Wildman–Crippen MR) is 109 cm³/mol. The molecule has 1 saturated heterocycles. The molecule has 1 N–H and O–H groups in total. The average molecular weight is 386 g/mol. The largest absolute Gasteiger partial charge is 0.507 e. The number of methoxy groups -OCH3 is 2. The van der Waals surface area contributed by atoms with Crippen LogP contribution in [0.25, 0.3) is 0 Å². The normalized spacial score (nSPS) is 16.1. The summed E-state index contributed by atoms with van der Waals surface area (Å²) in [5.74, 6) is 0.828. The molecule has 2 aromatic rings. The van der Waals surface area contributed by atoms with Crippen LogP contribution in [0.1, 0.15) is 42.1 Å². The number of aryl methyl sites for hydroxylation is 1. The lowest BCUT2D eigenvalue weighted by Crippen LogP contribution is -2.39. The molecule has 1 aliphatic heterocycles. The minimum Gasteiger partial charge on any atom is -0.507 e. The number of rotatable bonds is 7. The van der Waals surface area contributed by atoms with E-state index in [2.05, 4.69) is 4.90 Å². The van der Waals surface area contributed by atoms with Crippen LogP contribution in [0.3, 0.4) is 0 Å². The molecule has 0 aliphatic carbocycles. The van der Waals surface area contributed by atoms with Crippen LogP contribution in [0.2, 0.25) is 0 Å². The maximum atomic E-state index is 13.4. The fourth-order valence-electron chi connectivity index (χ4n) is 4.01. The molecule has 0 spiro atoms. The van der Waals surface area contributed by atoms with Gasteiger partial charge in [0.1, 0.15) is 11.5 Å². The van der Waals surface area contributed by atoms with Gasteiger partial charge in [0, 0.05) is 19.3 Å². The Morgan fingerprint density at radius 1 is 1.11 bits per heavy atom. The minimum atomic E-state index is -0.284. The number of hydrogen-bond donors (Lipinski definition) is 1. The first kappa shape index (κ1) is 20.4. The maximum absolute atomic E-state index is 13.4. The molecule has 28 heavy (non-hydrogen) atoms. The van der Waals surface area contributed by atoms with Crippen molar-refractivity contribution in [1.29, 1.82) is 0 Å². The van der Waals surface area contributed by atoms with Crippen molar-refractivity contribution in [2.45, 2.75) is 38.8 Å². The van der Waals surface area contributed by atoms with Gasteiger partial charge in [-0.1, -0.05) is 18.6 Å². The summed E-state index contributed by atoms with van der Waals surface area (Å²) >= 11 is 0. The van der Waals surface area contributed by atoms with E-state index in [1.807, 2.05) is 31.2 Å². The number of piperidine rings is 1. The number of pyridine rings is 1. The van der Waals surface area contributed by atoms with Crippen LogP contribution in [-0.4, -0.2) is 48.5 Å². The number of aromatic nitrogens is 1. The van der Waals surface area contributed by atoms with Gasteiger partial charge < -0.3 is 19.1 Å². The predicted octanol–water partition coefficient (Wildman–Crippen LogP) is 3.09. The topological polar surface area (TPSA) is 63.9 Å². The van der Waals surface area contributed by atoms with Crippen LogP contribution in [0.15, 0.2) is 35.1 Å². The van der Waals surface area contributed by atoms with E-state index in [0.717, 1.165) is 42.9 Å². The highest BCUT2D eigenvalue weighted by Crippen LogP contribution is 2.35. The molecular formula is C22H30N2O4. The number of ether oxygens (including phenoxy) is 2. The molecule has 152 valence electrons. The molecule has 1 atom stereocenters. The quantitative estimate of drug-likeness (QED) is 0.792. The first-order valence-corrected chi connectivity index (χ1v) is 9.87. The Balaban J connectivity index is 2.12. The van der Waals surface area contributed by atoms with Gasteiger partial charge in [-0.25, -0.2) is 0 Å². The van der Waals surface area contributed by atoms with Gasteiger partial charge in [0.15, 0.2) is 0 Å².